The Morgan fingerprint density at radius 2 is 1.11 bits per heavy atom. The van der Waals surface area contributed by atoms with Gasteiger partial charge in [-0.1, -0.05) is 36.4 Å². The van der Waals surface area contributed by atoms with Gasteiger partial charge in [-0.3, -0.25) is 0 Å². The summed E-state index contributed by atoms with van der Waals surface area (Å²) in [5.74, 6) is 1.84. The van der Waals surface area contributed by atoms with Crippen molar-refractivity contribution in [3.05, 3.63) is 72.8 Å². The van der Waals surface area contributed by atoms with Crippen LogP contribution >= 0.6 is 0 Å². The van der Waals surface area contributed by atoms with Gasteiger partial charge in [0, 0.05) is 37.0 Å². The smallest absolute Gasteiger partial charge is 0.126 e. The third kappa shape index (κ3) is 4.56. The Kier molecular flexibility index (Phi) is 5.64. The number of pyridine rings is 2. The minimum atomic E-state index is 0.857. The fraction of sp³-hybridized carbons (Fsp3) is 0.217. The number of benzene rings is 2. The highest BCUT2D eigenvalue weighted by atomic mass is 15.1. The van der Waals surface area contributed by atoms with Crippen molar-refractivity contribution in [1.29, 1.82) is 0 Å². The molecule has 0 aliphatic rings. The third-order valence-electron chi connectivity index (χ3n) is 4.80. The zero-order chi connectivity index (χ0) is 19.2. The SMILES string of the molecule is CN(CCNc1ccc2ccccc2n1)CCNc1ccc2ccccc2n1. The van der Waals surface area contributed by atoms with E-state index in [4.69, 9.17) is 0 Å². The summed E-state index contributed by atoms with van der Waals surface area (Å²) in [7, 11) is 2.13. The third-order valence-corrected chi connectivity index (χ3v) is 4.80. The van der Waals surface area contributed by atoms with Gasteiger partial charge < -0.3 is 15.5 Å². The van der Waals surface area contributed by atoms with Crippen molar-refractivity contribution in [2.24, 2.45) is 0 Å². The molecule has 5 nitrogen and oxygen atoms in total. The van der Waals surface area contributed by atoms with Crippen LogP contribution in [0, 0.1) is 0 Å². The fourth-order valence-corrected chi connectivity index (χ4v) is 3.19. The number of rotatable bonds is 8. The molecule has 2 heterocycles. The number of nitrogens with zero attached hydrogens (tertiary/aromatic N) is 3. The quantitative estimate of drug-likeness (QED) is 0.485. The van der Waals surface area contributed by atoms with E-state index < -0.39 is 0 Å². The van der Waals surface area contributed by atoms with Gasteiger partial charge >= 0.3 is 0 Å². The van der Waals surface area contributed by atoms with Crippen LogP contribution in [0.5, 0.6) is 0 Å². The summed E-state index contributed by atoms with van der Waals surface area (Å²) in [6.45, 7) is 3.61. The standard InChI is InChI=1S/C23H25N5/c1-28(16-14-24-22-12-10-18-6-2-4-8-20(18)26-22)17-15-25-23-13-11-19-7-3-5-9-21(19)27-23/h2-13H,14-17H2,1H3,(H,24,26)(H,25,27). The van der Waals surface area contributed by atoms with Crippen LogP contribution < -0.4 is 10.6 Å². The lowest BCUT2D eigenvalue weighted by molar-refractivity contribution is 0.360. The molecule has 5 heteroatoms. The Bertz CT molecular complexity index is 977. The van der Waals surface area contributed by atoms with E-state index in [0.29, 0.717) is 0 Å². The maximum atomic E-state index is 4.65. The first-order valence-electron chi connectivity index (χ1n) is 9.66. The molecule has 4 aromatic rings. The van der Waals surface area contributed by atoms with E-state index in [9.17, 15) is 0 Å². The molecule has 0 radical (unpaired) electrons. The Morgan fingerprint density at radius 3 is 1.61 bits per heavy atom. The summed E-state index contributed by atoms with van der Waals surface area (Å²) in [5, 5.41) is 9.15. The molecule has 0 spiro atoms. The number of nitrogens with one attached hydrogen (secondary N) is 2. The molecule has 2 aromatic carbocycles. The number of fused-ring (bicyclic) bond motifs is 2. The first-order chi connectivity index (χ1) is 13.8. The van der Waals surface area contributed by atoms with Crippen molar-refractivity contribution < 1.29 is 0 Å². The molecular weight excluding hydrogens is 346 g/mol. The lowest BCUT2D eigenvalue weighted by Crippen LogP contribution is -2.30. The molecule has 142 valence electrons. The van der Waals surface area contributed by atoms with E-state index in [1.807, 2.05) is 48.5 Å². The Balaban J connectivity index is 1.21. The van der Waals surface area contributed by atoms with Crippen LogP contribution in [-0.4, -0.2) is 48.1 Å². The number of likely N-dealkylation sites (N-methyl/N-ethyl adjacent to an activating group) is 1. The van der Waals surface area contributed by atoms with Crippen LogP contribution in [0.1, 0.15) is 0 Å². The first-order valence-corrected chi connectivity index (χ1v) is 9.66. The average Bonchev–Trinajstić information content (AvgIpc) is 2.73. The highest BCUT2D eigenvalue weighted by Gasteiger charge is 2.02. The Labute approximate surface area is 165 Å². The zero-order valence-corrected chi connectivity index (χ0v) is 16.1. The summed E-state index contributed by atoms with van der Waals surface area (Å²) in [6.07, 6.45) is 0. The average molecular weight is 371 g/mol. The van der Waals surface area contributed by atoms with Gasteiger partial charge in [0.2, 0.25) is 0 Å². The molecule has 0 fully saturated rings. The molecule has 2 aromatic heterocycles. The topological polar surface area (TPSA) is 53.1 Å². The number of hydrogen-bond donors (Lipinski definition) is 2. The Morgan fingerprint density at radius 1 is 0.643 bits per heavy atom. The number of para-hydroxylation sites is 2. The van der Waals surface area contributed by atoms with Crippen molar-refractivity contribution in [3.63, 3.8) is 0 Å². The molecule has 4 rings (SSSR count). The summed E-state index contributed by atoms with van der Waals surface area (Å²) in [5.41, 5.74) is 2.04. The molecule has 28 heavy (non-hydrogen) atoms. The van der Waals surface area contributed by atoms with Gasteiger partial charge in [0.1, 0.15) is 11.6 Å². The molecule has 0 atom stereocenters. The second-order valence-corrected chi connectivity index (χ2v) is 6.94. The van der Waals surface area contributed by atoms with Crippen molar-refractivity contribution >= 4 is 33.4 Å². The molecule has 0 bridgehead atoms. The second kappa shape index (κ2) is 8.67. The lowest BCUT2D eigenvalue weighted by atomic mass is 10.2. The van der Waals surface area contributed by atoms with E-state index in [0.717, 1.165) is 48.8 Å². The normalized spacial score (nSPS) is 11.2. The summed E-state index contributed by atoms with van der Waals surface area (Å²) < 4.78 is 0. The van der Waals surface area contributed by atoms with E-state index in [2.05, 4.69) is 56.8 Å². The van der Waals surface area contributed by atoms with E-state index in [1.54, 1.807) is 0 Å². The van der Waals surface area contributed by atoms with Gasteiger partial charge in [-0.15, -0.1) is 0 Å². The maximum absolute atomic E-state index is 4.65. The van der Waals surface area contributed by atoms with Gasteiger partial charge in [0.05, 0.1) is 11.0 Å². The van der Waals surface area contributed by atoms with Gasteiger partial charge in [-0.05, 0) is 43.4 Å². The summed E-state index contributed by atoms with van der Waals surface area (Å²) in [6, 6.07) is 24.6. The molecule has 0 amide bonds. The molecular formula is C23H25N5. The molecule has 0 saturated carbocycles. The van der Waals surface area contributed by atoms with Crippen LogP contribution in [0.2, 0.25) is 0 Å². The maximum Gasteiger partial charge on any atom is 0.126 e. The van der Waals surface area contributed by atoms with Crippen molar-refractivity contribution in [2.45, 2.75) is 0 Å². The van der Waals surface area contributed by atoms with Gasteiger partial charge in [-0.2, -0.15) is 0 Å². The van der Waals surface area contributed by atoms with Crippen LogP contribution in [-0.2, 0) is 0 Å². The monoisotopic (exact) mass is 371 g/mol. The lowest BCUT2D eigenvalue weighted by Gasteiger charge is -2.17. The number of aromatic nitrogens is 2. The molecule has 0 aliphatic carbocycles. The number of hydrogen-bond acceptors (Lipinski definition) is 5. The largest absolute Gasteiger partial charge is 0.369 e. The van der Waals surface area contributed by atoms with E-state index >= 15 is 0 Å². The van der Waals surface area contributed by atoms with Crippen molar-refractivity contribution in [1.82, 2.24) is 14.9 Å². The Hall–Kier alpha value is -3.18. The second-order valence-electron chi connectivity index (χ2n) is 6.94. The highest BCUT2D eigenvalue weighted by molar-refractivity contribution is 5.80. The zero-order valence-electron chi connectivity index (χ0n) is 16.1. The van der Waals surface area contributed by atoms with Crippen LogP contribution in [0.3, 0.4) is 0 Å². The molecule has 0 unspecified atom stereocenters. The van der Waals surface area contributed by atoms with Gasteiger partial charge in [0.15, 0.2) is 0 Å². The van der Waals surface area contributed by atoms with Crippen LogP contribution in [0.15, 0.2) is 72.8 Å². The van der Waals surface area contributed by atoms with E-state index in [1.165, 1.54) is 10.8 Å². The summed E-state index contributed by atoms with van der Waals surface area (Å²) >= 11 is 0. The predicted molar refractivity (Wildman–Crippen MR) is 118 cm³/mol. The highest BCUT2D eigenvalue weighted by Crippen LogP contribution is 2.15. The van der Waals surface area contributed by atoms with Crippen molar-refractivity contribution in [2.75, 3.05) is 43.9 Å². The molecule has 2 N–H and O–H groups in total. The van der Waals surface area contributed by atoms with Gasteiger partial charge in [-0.25, -0.2) is 9.97 Å². The molecule has 0 aliphatic heterocycles. The van der Waals surface area contributed by atoms with E-state index in [-0.39, 0.29) is 0 Å². The fourth-order valence-electron chi connectivity index (χ4n) is 3.19. The van der Waals surface area contributed by atoms with Crippen LogP contribution in [0.4, 0.5) is 11.6 Å². The minimum Gasteiger partial charge on any atom is -0.369 e. The van der Waals surface area contributed by atoms with Crippen LogP contribution in [0.25, 0.3) is 21.8 Å². The first kappa shape index (κ1) is 18.2. The molecule has 0 saturated heterocycles. The number of anilines is 2. The summed E-state index contributed by atoms with van der Waals surface area (Å²) in [4.78, 5) is 11.6. The van der Waals surface area contributed by atoms with Crippen molar-refractivity contribution in [3.8, 4) is 0 Å². The minimum absolute atomic E-state index is 0.857. The van der Waals surface area contributed by atoms with Gasteiger partial charge in [0.25, 0.3) is 0 Å². The predicted octanol–water partition coefficient (Wildman–Crippen LogP) is 4.24.